The minimum Gasteiger partial charge on any atom is -0.490 e. The van der Waals surface area contributed by atoms with Gasteiger partial charge in [-0.25, -0.2) is 0 Å². The van der Waals surface area contributed by atoms with Crippen molar-refractivity contribution in [1.29, 1.82) is 0 Å². The highest BCUT2D eigenvalue weighted by Crippen LogP contribution is 2.35. The Labute approximate surface area is 232 Å². The van der Waals surface area contributed by atoms with Crippen LogP contribution in [0.5, 0.6) is 11.5 Å². The molecule has 3 aromatic rings. The number of carbonyl (C=O) groups is 1. The first-order chi connectivity index (χ1) is 17.9. The molecule has 37 heavy (non-hydrogen) atoms. The quantitative estimate of drug-likeness (QED) is 0.259. The number of ether oxygens (including phenoxy) is 2. The maximum absolute atomic E-state index is 12.4. The number of carbonyl (C=O) groups excluding carboxylic acids is 1. The molecule has 4 rings (SSSR count). The molecule has 3 aromatic carbocycles. The summed E-state index contributed by atoms with van der Waals surface area (Å²) in [7, 11) is 0. The number of benzene rings is 3. The van der Waals surface area contributed by atoms with Gasteiger partial charge < -0.3 is 25.0 Å². The molecule has 196 valence electrons. The molecule has 1 saturated heterocycles. The minimum absolute atomic E-state index is 0.125. The topological polar surface area (TPSA) is 62.8 Å². The van der Waals surface area contributed by atoms with Crippen molar-refractivity contribution in [2.45, 2.75) is 39.7 Å². The van der Waals surface area contributed by atoms with Crippen LogP contribution in [0.15, 0.2) is 59.1 Å². The number of piperidine rings is 1. The Kier molecular flexibility index (Phi) is 9.58. The van der Waals surface area contributed by atoms with Gasteiger partial charge in [-0.2, -0.15) is 0 Å². The van der Waals surface area contributed by atoms with Crippen LogP contribution in [-0.2, 0) is 11.3 Å². The van der Waals surface area contributed by atoms with Crippen molar-refractivity contribution in [2.75, 3.05) is 41.8 Å². The summed E-state index contributed by atoms with van der Waals surface area (Å²) in [5, 5.41) is 7.05. The number of nitrogens with zero attached hydrogens (tertiary/aromatic N) is 1. The van der Waals surface area contributed by atoms with Crippen LogP contribution < -0.4 is 25.0 Å². The second-order valence-electron chi connectivity index (χ2n) is 9.09. The van der Waals surface area contributed by atoms with Gasteiger partial charge in [-0.05, 0) is 81.1 Å². The van der Waals surface area contributed by atoms with Gasteiger partial charge in [0.15, 0.2) is 18.1 Å². The molecule has 0 saturated carbocycles. The highest BCUT2D eigenvalue weighted by Gasteiger charge is 2.15. The van der Waals surface area contributed by atoms with Crippen LogP contribution in [0.25, 0.3) is 0 Å². The standard InChI is InChI=1S/C29H33BrClN3O3/c1-3-36-27-15-21(18-32-23-11-12-26(25(31)16-23)34-13-5-4-6-14-34)24(30)17-28(27)37-19-29(35)33-22-9-7-20(2)8-10-22/h7-12,15-17,32H,3-6,13-14,18-19H2,1-2H3,(H,33,35). The average molecular weight is 587 g/mol. The zero-order valence-corrected chi connectivity index (χ0v) is 23.6. The summed E-state index contributed by atoms with van der Waals surface area (Å²) in [5.74, 6) is 0.854. The van der Waals surface area contributed by atoms with Crippen molar-refractivity contribution in [1.82, 2.24) is 0 Å². The third-order valence-corrected chi connectivity index (χ3v) is 7.28. The first-order valence-electron chi connectivity index (χ1n) is 12.7. The van der Waals surface area contributed by atoms with Gasteiger partial charge in [0, 0.05) is 35.5 Å². The molecule has 6 nitrogen and oxygen atoms in total. The van der Waals surface area contributed by atoms with Crippen LogP contribution in [-0.4, -0.2) is 32.2 Å². The largest absolute Gasteiger partial charge is 0.490 e. The minimum atomic E-state index is -0.238. The summed E-state index contributed by atoms with van der Waals surface area (Å²) >= 11 is 10.3. The third kappa shape index (κ3) is 7.55. The Morgan fingerprint density at radius 1 is 0.973 bits per heavy atom. The van der Waals surface area contributed by atoms with Gasteiger partial charge in [-0.1, -0.05) is 45.2 Å². The monoisotopic (exact) mass is 585 g/mol. The Morgan fingerprint density at radius 2 is 1.68 bits per heavy atom. The summed E-state index contributed by atoms with van der Waals surface area (Å²) in [6.45, 7) is 6.95. The third-order valence-electron chi connectivity index (χ3n) is 6.23. The lowest BCUT2D eigenvalue weighted by Crippen LogP contribution is -2.29. The second kappa shape index (κ2) is 13.1. The Balaban J connectivity index is 1.38. The lowest BCUT2D eigenvalue weighted by molar-refractivity contribution is -0.118. The number of nitrogens with one attached hydrogen (secondary N) is 2. The number of hydrogen-bond acceptors (Lipinski definition) is 5. The van der Waals surface area contributed by atoms with Crippen molar-refractivity contribution < 1.29 is 14.3 Å². The molecule has 0 spiro atoms. The number of aryl methyl sites for hydroxylation is 1. The molecular formula is C29H33BrClN3O3. The van der Waals surface area contributed by atoms with Crippen molar-refractivity contribution in [3.8, 4) is 11.5 Å². The Bertz CT molecular complexity index is 1210. The maximum Gasteiger partial charge on any atom is 0.262 e. The number of hydrogen-bond donors (Lipinski definition) is 2. The first kappa shape index (κ1) is 27.1. The van der Waals surface area contributed by atoms with E-state index < -0.39 is 0 Å². The summed E-state index contributed by atoms with van der Waals surface area (Å²) in [4.78, 5) is 14.8. The number of rotatable bonds is 10. The smallest absolute Gasteiger partial charge is 0.262 e. The van der Waals surface area contributed by atoms with Crippen LogP contribution in [0.4, 0.5) is 17.1 Å². The van der Waals surface area contributed by atoms with Crippen LogP contribution in [0.3, 0.4) is 0 Å². The molecule has 1 aliphatic rings. The molecule has 0 aliphatic carbocycles. The van der Waals surface area contributed by atoms with E-state index in [0.717, 1.165) is 50.8 Å². The fourth-order valence-electron chi connectivity index (χ4n) is 4.28. The highest BCUT2D eigenvalue weighted by molar-refractivity contribution is 9.10. The van der Waals surface area contributed by atoms with Crippen LogP contribution in [0, 0.1) is 6.92 Å². The zero-order chi connectivity index (χ0) is 26.2. The molecule has 1 aliphatic heterocycles. The van der Waals surface area contributed by atoms with E-state index in [4.69, 9.17) is 21.1 Å². The number of anilines is 3. The average Bonchev–Trinajstić information content (AvgIpc) is 2.90. The summed E-state index contributed by atoms with van der Waals surface area (Å²) in [6, 6.07) is 17.5. The second-order valence-corrected chi connectivity index (χ2v) is 10.4. The van der Waals surface area contributed by atoms with Gasteiger partial charge in [0.1, 0.15) is 0 Å². The van der Waals surface area contributed by atoms with Gasteiger partial charge in [0.25, 0.3) is 5.91 Å². The van der Waals surface area contributed by atoms with Crippen molar-refractivity contribution in [2.24, 2.45) is 0 Å². The predicted octanol–water partition coefficient (Wildman–Crippen LogP) is 7.43. The Hall–Kier alpha value is -2.90. The van der Waals surface area contributed by atoms with Crippen LogP contribution in [0.1, 0.15) is 37.3 Å². The van der Waals surface area contributed by atoms with Crippen molar-refractivity contribution >= 4 is 50.5 Å². The summed E-state index contributed by atoms with van der Waals surface area (Å²) in [5.41, 5.74) is 4.91. The van der Waals surface area contributed by atoms with Crippen LogP contribution in [0.2, 0.25) is 5.02 Å². The molecule has 0 bridgehead atoms. The number of halogens is 2. The van der Waals surface area contributed by atoms with E-state index >= 15 is 0 Å². The SMILES string of the molecule is CCOc1cc(CNc2ccc(N3CCCCC3)c(Cl)c2)c(Br)cc1OCC(=O)Nc1ccc(C)cc1. The summed E-state index contributed by atoms with van der Waals surface area (Å²) < 4.78 is 12.5. The fraction of sp³-hybridized carbons (Fsp3) is 0.345. The molecule has 8 heteroatoms. The van der Waals surface area contributed by atoms with E-state index in [1.54, 1.807) is 0 Å². The van der Waals surface area contributed by atoms with E-state index in [9.17, 15) is 4.79 Å². The molecule has 1 amide bonds. The van der Waals surface area contributed by atoms with E-state index in [0.29, 0.717) is 24.7 Å². The van der Waals surface area contributed by atoms with Gasteiger partial charge in [-0.15, -0.1) is 0 Å². The molecule has 1 fully saturated rings. The first-order valence-corrected chi connectivity index (χ1v) is 13.8. The molecule has 1 heterocycles. The van der Waals surface area contributed by atoms with E-state index in [-0.39, 0.29) is 12.5 Å². The van der Waals surface area contributed by atoms with Crippen molar-refractivity contribution in [3.63, 3.8) is 0 Å². The van der Waals surface area contributed by atoms with E-state index in [1.165, 1.54) is 19.3 Å². The molecular weight excluding hydrogens is 554 g/mol. The molecule has 0 radical (unpaired) electrons. The van der Waals surface area contributed by atoms with Gasteiger partial charge in [0.2, 0.25) is 0 Å². The van der Waals surface area contributed by atoms with Crippen LogP contribution >= 0.6 is 27.5 Å². The Morgan fingerprint density at radius 3 is 2.38 bits per heavy atom. The van der Waals surface area contributed by atoms with Gasteiger partial charge in [0.05, 0.1) is 17.3 Å². The lowest BCUT2D eigenvalue weighted by Gasteiger charge is -2.29. The highest BCUT2D eigenvalue weighted by atomic mass is 79.9. The summed E-state index contributed by atoms with van der Waals surface area (Å²) in [6.07, 6.45) is 3.71. The van der Waals surface area contributed by atoms with E-state index in [2.05, 4.69) is 43.6 Å². The van der Waals surface area contributed by atoms with Crippen molar-refractivity contribution in [3.05, 3.63) is 75.2 Å². The predicted molar refractivity (Wildman–Crippen MR) is 155 cm³/mol. The van der Waals surface area contributed by atoms with Gasteiger partial charge >= 0.3 is 0 Å². The lowest BCUT2D eigenvalue weighted by atomic mass is 10.1. The zero-order valence-electron chi connectivity index (χ0n) is 21.3. The molecule has 0 unspecified atom stereocenters. The normalized spacial score (nSPS) is 13.2. The molecule has 2 N–H and O–H groups in total. The maximum atomic E-state index is 12.4. The molecule has 0 aromatic heterocycles. The number of amides is 1. The van der Waals surface area contributed by atoms with Gasteiger partial charge in [-0.3, -0.25) is 4.79 Å². The molecule has 0 atom stereocenters. The van der Waals surface area contributed by atoms with E-state index in [1.807, 2.05) is 56.3 Å². The fourth-order valence-corrected chi connectivity index (χ4v) is 5.04.